The van der Waals surface area contributed by atoms with Crippen LogP contribution in [0, 0.1) is 5.92 Å². The standard InChI is InChI=1S/C17H26N2O/c1-5-14-8-6-7-9-16(14)18-17(20)19(15-10-11-15)13(4)12(2)3/h6-9,12-13,15H,5,10-11H2,1-4H3,(H,18,20)/t13-/m0/s1. The van der Waals surface area contributed by atoms with E-state index in [4.69, 9.17) is 0 Å². The predicted molar refractivity (Wildman–Crippen MR) is 84.0 cm³/mol. The lowest BCUT2D eigenvalue weighted by Crippen LogP contribution is -2.45. The molecule has 0 heterocycles. The van der Waals surface area contributed by atoms with Crippen molar-refractivity contribution in [3.8, 4) is 0 Å². The molecule has 1 aromatic rings. The summed E-state index contributed by atoms with van der Waals surface area (Å²) in [5, 5.41) is 3.11. The van der Waals surface area contributed by atoms with Gasteiger partial charge < -0.3 is 10.2 Å². The fraction of sp³-hybridized carbons (Fsp3) is 0.588. The first kappa shape index (κ1) is 14.9. The second-order valence-corrected chi connectivity index (χ2v) is 6.06. The largest absolute Gasteiger partial charge is 0.322 e. The third-order valence-corrected chi connectivity index (χ3v) is 4.22. The smallest absolute Gasteiger partial charge is 0.319 e. The van der Waals surface area contributed by atoms with Crippen LogP contribution in [0.5, 0.6) is 0 Å². The van der Waals surface area contributed by atoms with Crippen molar-refractivity contribution in [1.29, 1.82) is 0 Å². The topological polar surface area (TPSA) is 32.3 Å². The van der Waals surface area contributed by atoms with Crippen molar-refractivity contribution >= 4 is 11.7 Å². The number of anilines is 1. The molecule has 1 saturated carbocycles. The minimum absolute atomic E-state index is 0.0506. The lowest BCUT2D eigenvalue weighted by molar-refractivity contribution is 0.169. The van der Waals surface area contributed by atoms with Gasteiger partial charge in [0.1, 0.15) is 0 Å². The Balaban J connectivity index is 2.12. The van der Waals surface area contributed by atoms with Crippen LogP contribution in [0.2, 0.25) is 0 Å². The van der Waals surface area contributed by atoms with E-state index in [0.29, 0.717) is 12.0 Å². The Morgan fingerprint density at radius 2 is 1.95 bits per heavy atom. The first-order valence-electron chi connectivity index (χ1n) is 7.71. The quantitative estimate of drug-likeness (QED) is 0.853. The number of nitrogens with one attached hydrogen (secondary N) is 1. The van der Waals surface area contributed by atoms with Gasteiger partial charge in [-0.3, -0.25) is 0 Å². The van der Waals surface area contributed by atoms with E-state index in [1.807, 2.05) is 23.1 Å². The minimum Gasteiger partial charge on any atom is -0.319 e. The second-order valence-electron chi connectivity index (χ2n) is 6.06. The van der Waals surface area contributed by atoms with Crippen LogP contribution < -0.4 is 5.32 Å². The molecule has 2 amide bonds. The Hall–Kier alpha value is -1.51. The van der Waals surface area contributed by atoms with Crippen molar-refractivity contribution in [3.05, 3.63) is 29.8 Å². The Kier molecular flexibility index (Phi) is 4.69. The van der Waals surface area contributed by atoms with Crippen LogP contribution in [0.15, 0.2) is 24.3 Å². The monoisotopic (exact) mass is 274 g/mol. The number of para-hydroxylation sites is 1. The van der Waals surface area contributed by atoms with Gasteiger partial charge in [0.15, 0.2) is 0 Å². The summed E-state index contributed by atoms with van der Waals surface area (Å²) in [7, 11) is 0. The number of benzene rings is 1. The van der Waals surface area contributed by atoms with Gasteiger partial charge >= 0.3 is 6.03 Å². The maximum Gasteiger partial charge on any atom is 0.322 e. The number of carbonyl (C=O) groups excluding carboxylic acids is 1. The molecule has 1 fully saturated rings. The molecule has 0 radical (unpaired) electrons. The summed E-state index contributed by atoms with van der Waals surface area (Å²) in [5.41, 5.74) is 2.13. The molecule has 0 aromatic heterocycles. The Bertz CT molecular complexity index is 466. The summed E-state index contributed by atoms with van der Waals surface area (Å²) in [6, 6.07) is 8.81. The number of carbonyl (C=O) groups is 1. The maximum absolute atomic E-state index is 12.6. The van der Waals surface area contributed by atoms with Gasteiger partial charge in [0.05, 0.1) is 0 Å². The number of urea groups is 1. The fourth-order valence-electron chi connectivity index (χ4n) is 2.49. The van der Waals surface area contributed by atoms with Crippen LogP contribution >= 0.6 is 0 Å². The van der Waals surface area contributed by atoms with Crippen molar-refractivity contribution in [1.82, 2.24) is 4.90 Å². The first-order chi connectivity index (χ1) is 9.54. The van der Waals surface area contributed by atoms with Crippen LogP contribution in [0.4, 0.5) is 10.5 Å². The molecule has 2 rings (SSSR count). The maximum atomic E-state index is 12.6. The SMILES string of the molecule is CCc1ccccc1NC(=O)N(C1CC1)[C@@H](C)C(C)C. The van der Waals surface area contributed by atoms with E-state index in [9.17, 15) is 4.79 Å². The molecule has 110 valence electrons. The number of aryl methyl sites for hydroxylation is 1. The summed E-state index contributed by atoms with van der Waals surface area (Å²) in [6.07, 6.45) is 3.21. The summed E-state index contributed by atoms with van der Waals surface area (Å²) >= 11 is 0. The summed E-state index contributed by atoms with van der Waals surface area (Å²) in [4.78, 5) is 14.7. The fourth-order valence-corrected chi connectivity index (χ4v) is 2.49. The summed E-state index contributed by atoms with van der Waals surface area (Å²) in [6.45, 7) is 8.61. The van der Waals surface area contributed by atoms with Crippen molar-refractivity contribution < 1.29 is 4.79 Å². The van der Waals surface area contributed by atoms with E-state index < -0.39 is 0 Å². The molecule has 1 aliphatic carbocycles. The third kappa shape index (κ3) is 3.33. The van der Waals surface area contributed by atoms with Gasteiger partial charge in [0.25, 0.3) is 0 Å². The first-order valence-corrected chi connectivity index (χ1v) is 7.71. The lowest BCUT2D eigenvalue weighted by atomic mass is 10.0. The molecule has 1 aliphatic rings. The zero-order valence-corrected chi connectivity index (χ0v) is 13.0. The van der Waals surface area contributed by atoms with E-state index in [1.54, 1.807) is 0 Å². The van der Waals surface area contributed by atoms with Gasteiger partial charge in [-0.05, 0) is 43.7 Å². The Morgan fingerprint density at radius 1 is 1.30 bits per heavy atom. The number of hydrogen-bond donors (Lipinski definition) is 1. The van der Waals surface area contributed by atoms with E-state index >= 15 is 0 Å². The van der Waals surface area contributed by atoms with Crippen molar-refractivity contribution in [2.24, 2.45) is 5.92 Å². The number of hydrogen-bond acceptors (Lipinski definition) is 1. The molecule has 3 nitrogen and oxygen atoms in total. The molecule has 0 spiro atoms. The average molecular weight is 274 g/mol. The van der Waals surface area contributed by atoms with Gasteiger partial charge in [0.2, 0.25) is 0 Å². The van der Waals surface area contributed by atoms with Gasteiger partial charge in [-0.1, -0.05) is 39.0 Å². The molecule has 1 N–H and O–H groups in total. The lowest BCUT2D eigenvalue weighted by Gasteiger charge is -2.32. The van der Waals surface area contributed by atoms with Gasteiger partial charge in [-0.15, -0.1) is 0 Å². The highest BCUT2D eigenvalue weighted by Gasteiger charge is 2.36. The third-order valence-electron chi connectivity index (χ3n) is 4.22. The summed E-state index contributed by atoms with van der Waals surface area (Å²) < 4.78 is 0. The highest BCUT2D eigenvalue weighted by Crippen LogP contribution is 2.31. The van der Waals surface area contributed by atoms with E-state index in [1.165, 1.54) is 5.56 Å². The van der Waals surface area contributed by atoms with Crippen LogP contribution in [-0.4, -0.2) is 23.0 Å². The highest BCUT2D eigenvalue weighted by atomic mass is 16.2. The van der Waals surface area contributed by atoms with Crippen molar-refractivity contribution in [3.63, 3.8) is 0 Å². The number of nitrogens with zero attached hydrogens (tertiary/aromatic N) is 1. The van der Waals surface area contributed by atoms with Crippen LogP contribution in [0.3, 0.4) is 0 Å². The number of amides is 2. The van der Waals surface area contributed by atoms with Gasteiger partial charge in [0, 0.05) is 17.8 Å². The second kappa shape index (κ2) is 6.29. The van der Waals surface area contributed by atoms with E-state index in [0.717, 1.165) is 24.9 Å². The minimum atomic E-state index is 0.0506. The molecule has 0 saturated heterocycles. The van der Waals surface area contributed by atoms with Gasteiger partial charge in [-0.2, -0.15) is 0 Å². The average Bonchev–Trinajstić information content (AvgIpc) is 3.24. The molecule has 1 atom stereocenters. The molecule has 20 heavy (non-hydrogen) atoms. The Morgan fingerprint density at radius 3 is 2.50 bits per heavy atom. The van der Waals surface area contributed by atoms with Crippen LogP contribution in [-0.2, 0) is 6.42 Å². The molecular weight excluding hydrogens is 248 g/mol. The molecule has 0 aliphatic heterocycles. The van der Waals surface area contributed by atoms with Crippen molar-refractivity contribution in [2.75, 3.05) is 5.32 Å². The van der Waals surface area contributed by atoms with Crippen LogP contribution in [0.25, 0.3) is 0 Å². The van der Waals surface area contributed by atoms with E-state index in [2.05, 4.69) is 39.1 Å². The number of rotatable bonds is 5. The highest BCUT2D eigenvalue weighted by molar-refractivity contribution is 5.90. The normalized spacial score (nSPS) is 16.1. The van der Waals surface area contributed by atoms with E-state index in [-0.39, 0.29) is 12.1 Å². The molecular formula is C17H26N2O. The van der Waals surface area contributed by atoms with Crippen LogP contribution in [0.1, 0.15) is 46.1 Å². The predicted octanol–water partition coefficient (Wildman–Crippen LogP) is 4.29. The summed E-state index contributed by atoms with van der Waals surface area (Å²) in [5.74, 6) is 0.475. The molecule has 0 bridgehead atoms. The molecule has 1 aromatic carbocycles. The Labute approximate surface area is 122 Å². The van der Waals surface area contributed by atoms with Gasteiger partial charge in [-0.25, -0.2) is 4.79 Å². The molecule has 3 heteroatoms. The zero-order valence-electron chi connectivity index (χ0n) is 13.0. The zero-order chi connectivity index (χ0) is 14.7. The molecule has 0 unspecified atom stereocenters. The van der Waals surface area contributed by atoms with Crippen molar-refractivity contribution in [2.45, 2.75) is 59.0 Å².